The number of anilines is 2. The summed E-state index contributed by atoms with van der Waals surface area (Å²) >= 11 is 0. The van der Waals surface area contributed by atoms with Gasteiger partial charge >= 0.3 is 0 Å². The molecule has 2 N–H and O–H groups in total. The number of nitrogens with zero attached hydrogens (tertiary/aromatic N) is 2. The third-order valence-electron chi connectivity index (χ3n) is 3.30. The van der Waals surface area contributed by atoms with Gasteiger partial charge in [-0.1, -0.05) is 25.1 Å². The van der Waals surface area contributed by atoms with Crippen LogP contribution >= 0.6 is 0 Å². The Balaban J connectivity index is 2.01. The zero-order valence-electron chi connectivity index (χ0n) is 12.8. The Labute approximate surface area is 125 Å². The largest absolute Gasteiger partial charge is 0.496 e. The van der Waals surface area contributed by atoms with E-state index in [1.165, 1.54) is 0 Å². The van der Waals surface area contributed by atoms with Crippen molar-refractivity contribution in [1.82, 2.24) is 9.97 Å². The molecular formula is C16H22N4O. The highest BCUT2D eigenvalue weighted by Crippen LogP contribution is 2.18. The van der Waals surface area contributed by atoms with E-state index in [0.29, 0.717) is 18.5 Å². The van der Waals surface area contributed by atoms with Crippen molar-refractivity contribution < 1.29 is 4.74 Å². The van der Waals surface area contributed by atoms with Crippen molar-refractivity contribution in [3.63, 3.8) is 0 Å². The van der Waals surface area contributed by atoms with Gasteiger partial charge in [0.05, 0.1) is 7.11 Å². The fraction of sp³-hybridized carbons (Fsp3) is 0.375. The molecule has 0 aliphatic heterocycles. The van der Waals surface area contributed by atoms with Crippen molar-refractivity contribution in [2.45, 2.75) is 32.9 Å². The van der Waals surface area contributed by atoms with Crippen molar-refractivity contribution in [1.29, 1.82) is 0 Å². The number of hydrogen-bond donors (Lipinski definition) is 2. The Kier molecular flexibility index (Phi) is 5.37. The molecule has 0 saturated heterocycles. The Hall–Kier alpha value is -2.30. The quantitative estimate of drug-likeness (QED) is 0.817. The minimum atomic E-state index is 0.356. The van der Waals surface area contributed by atoms with Crippen LogP contribution < -0.4 is 15.4 Å². The van der Waals surface area contributed by atoms with E-state index in [-0.39, 0.29) is 0 Å². The van der Waals surface area contributed by atoms with Crippen LogP contribution in [0.5, 0.6) is 5.75 Å². The highest BCUT2D eigenvalue weighted by Gasteiger charge is 2.04. The molecule has 0 fully saturated rings. The van der Waals surface area contributed by atoms with E-state index in [2.05, 4.69) is 34.4 Å². The van der Waals surface area contributed by atoms with Gasteiger partial charge in [-0.15, -0.1) is 0 Å². The minimum Gasteiger partial charge on any atom is -0.496 e. The van der Waals surface area contributed by atoms with E-state index >= 15 is 0 Å². The van der Waals surface area contributed by atoms with Gasteiger partial charge in [-0.05, 0) is 25.5 Å². The van der Waals surface area contributed by atoms with Crippen molar-refractivity contribution in [2.75, 3.05) is 17.7 Å². The predicted molar refractivity (Wildman–Crippen MR) is 85.7 cm³/mol. The van der Waals surface area contributed by atoms with E-state index in [1.54, 1.807) is 13.3 Å². The molecule has 0 aliphatic rings. The lowest BCUT2D eigenvalue weighted by Crippen LogP contribution is -2.16. The number of rotatable bonds is 7. The van der Waals surface area contributed by atoms with Gasteiger partial charge in [-0.25, -0.2) is 4.98 Å². The van der Waals surface area contributed by atoms with Gasteiger partial charge in [0.1, 0.15) is 11.6 Å². The van der Waals surface area contributed by atoms with Gasteiger partial charge < -0.3 is 15.4 Å². The molecule has 0 radical (unpaired) electrons. The summed E-state index contributed by atoms with van der Waals surface area (Å²) in [6, 6.07) is 10.2. The van der Waals surface area contributed by atoms with Crippen LogP contribution in [0, 0.1) is 0 Å². The maximum Gasteiger partial charge on any atom is 0.224 e. The molecule has 1 atom stereocenters. The number of benzene rings is 1. The standard InChI is InChI=1S/C16H22N4O/c1-4-12(2)19-16-17-10-9-15(20-16)18-11-13-7-5-6-8-14(13)21-3/h5-10,12H,4,11H2,1-3H3,(H2,17,18,19,20). The molecule has 0 bridgehead atoms. The number of hydrogen-bond acceptors (Lipinski definition) is 5. The Morgan fingerprint density at radius 1 is 1.24 bits per heavy atom. The summed E-state index contributed by atoms with van der Waals surface area (Å²) in [5.74, 6) is 2.31. The monoisotopic (exact) mass is 286 g/mol. The minimum absolute atomic E-state index is 0.356. The van der Waals surface area contributed by atoms with Gasteiger partial charge in [0.15, 0.2) is 0 Å². The summed E-state index contributed by atoms with van der Waals surface area (Å²) in [5, 5.41) is 6.56. The molecule has 21 heavy (non-hydrogen) atoms. The van der Waals surface area contributed by atoms with E-state index in [4.69, 9.17) is 4.74 Å². The molecule has 0 amide bonds. The molecule has 1 heterocycles. The van der Waals surface area contributed by atoms with Crippen LogP contribution in [-0.4, -0.2) is 23.1 Å². The van der Waals surface area contributed by atoms with E-state index in [9.17, 15) is 0 Å². The molecule has 1 aromatic heterocycles. The lowest BCUT2D eigenvalue weighted by atomic mass is 10.2. The van der Waals surface area contributed by atoms with Gasteiger partial charge in [-0.2, -0.15) is 4.98 Å². The van der Waals surface area contributed by atoms with Crippen LogP contribution in [0.25, 0.3) is 0 Å². The average molecular weight is 286 g/mol. The zero-order chi connectivity index (χ0) is 15.1. The number of para-hydroxylation sites is 1. The summed E-state index contributed by atoms with van der Waals surface area (Å²) in [6.45, 7) is 4.89. The fourth-order valence-electron chi connectivity index (χ4n) is 1.88. The molecule has 1 aromatic carbocycles. The Morgan fingerprint density at radius 2 is 2.05 bits per heavy atom. The van der Waals surface area contributed by atoms with E-state index in [0.717, 1.165) is 23.6 Å². The second-order valence-electron chi connectivity index (χ2n) is 4.88. The molecule has 5 heteroatoms. The van der Waals surface area contributed by atoms with Crippen LogP contribution in [-0.2, 0) is 6.54 Å². The van der Waals surface area contributed by atoms with Crippen molar-refractivity contribution in [3.05, 3.63) is 42.1 Å². The Bertz CT molecular complexity index is 574. The van der Waals surface area contributed by atoms with Crippen molar-refractivity contribution >= 4 is 11.8 Å². The first-order valence-electron chi connectivity index (χ1n) is 7.18. The van der Waals surface area contributed by atoms with Gasteiger partial charge in [0, 0.05) is 24.3 Å². The lowest BCUT2D eigenvalue weighted by Gasteiger charge is -2.13. The summed E-state index contributed by atoms with van der Waals surface area (Å²) in [4.78, 5) is 8.69. The van der Waals surface area contributed by atoms with E-state index < -0.39 is 0 Å². The molecular weight excluding hydrogens is 264 g/mol. The number of ether oxygens (including phenoxy) is 1. The first kappa shape index (κ1) is 15.1. The first-order chi connectivity index (χ1) is 10.2. The molecule has 0 aliphatic carbocycles. The number of nitrogens with one attached hydrogen (secondary N) is 2. The maximum absolute atomic E-state index is 5.34. The second kappa shape index (κ2) is 7.47. The normalized spacial score (nSPS) is 11.8. The van der Waals surface area contributed by atoms with Crippen molar-refractivity contribution in [2.24, 2.45) is 0 Å². The average Bonchev–Trinajstić information content (AvgIpc) is 2.53. The van der Waals surface area contributed by atoms with Gasteiger partial charge in [-0.3, -0.25) is 0 Å². The third kappa shape index (κ3) is 4.34. The molecule has 2 rings (SSSR count). The summed E-state index contributed by atoms with van der Waals surface area (Å²) < 4.78 is 5.34. The van der Waals surface area contributed by atoms with Gasteiger partial charge in [0.2, 0.25) is 5.95 Å². The van der Waals surface area contributed by atoms with Crippen LogP contribution in [0.3, 0.4) is 0 Å². The topological polar surface area (TPSA) is 59.1 Å². The first-order valence-corrected chi connectivity index (χ1v) is 7.18. The fourth-order valence-corrected chi connectivity index (χ4v) is 1.88. The number of aromatic nitrogens is 2. The van der Waals surface area contributed by atoms with Crippen LogP contribution in [0.4, 0.5) is 11.8 Å². The molecule has 5 nitrogen and oxygen atoms in total. The highest BCUT2D eigenvalue weighted by atomic mass is 16.5. The van der Waals surface area contributed by atoms with Crippen molar-refractivity contribution in [3.8, 4) is 5.75 Å². The third-order valence-corrected chi connectivity index (χ3v) is 3.30. The summed E-state index contributed by atoms with van der Waals surface area (Å²) in [5.41, 5.74) is 1.09. The molecule has 0 spiro atoms. The van der Waals surface area contributed by atoms with Crippen LogP contribution in [0.2, 0.25) is 0 Å². The zero-order valence-corrected chi connectivity index (χ0v) is 12.8. The smallest absolute Gasteiger partial charge is 0.224 e. The van der Waals surface area contributed by atoms with Crippen LogP contribution in [0.1, 0.15) is 25.8 Å². The summed E-state index contributed by atoms with van der Waals surface area (Å²) in [6.07, 6.45) is 2.78. The predicted octanol–water partition coefficient (Wildman–Crippen LogP) is 3.31. The van der Waals surface area contributed by atoms with Gasteiger partial charge in [0.25, 0.3) is 0 Å². The summed E-state index contributed by atoms with van der Waals surface area (Å²) in [7, 11) is 1.68. The maximum atomic E-state index is 5.34. The highest BCUT2D eigenvalue weighted by molar-refractivity contribution is 5.42. The number of methoxy groups -OCH3 is 1. The van der Waals surface area contributed by atoms with Crippen LogP contribution in [0.15, 0.2) is 36.5 Å². The SMILES string of the molecule is CCC(C)Nc1nccc(NCc2ccccc2OC)n1. The Morgan fingerprint density at radius 3 is 2.81 bits per heavy atom. The molecule has 2 aromatic rings. The molecule has 0 saturated carbocycles. The molecule has 1 unspecified atom stereocenters. The lowest BCUT2D eigenvalue weighted by molar-refractivity contribution is 0.410. The second-order valence-corrected chi connectivity index (χ2v) is 4.88. The van der Waals surface area contributed by atoms with E-state index in [1.807, 2.05) is 30.3 Å². The molecule has 112 valence electrons.